The Morgan fingerprint density at radius 2 is 0.792 bits per heavy atom. The quantitative estimate of drug-likeness (QED) is 0.121. The minimum Gasteiger partial charge on any atom is -0.542 e. The third-order valence-corrected chi connectivity index (χ3v) is 6.68. The van der Waals surface area contributed by atoms with Gasteiger partial charge in [-0.15, -0.1) is 22.7 Å². The van der Waals surface area contributed by atoms with E-state index in [0.717, 1.165) is 33.4 Å². The monoisotopic (exact) mass is 952 g/mol. The van der Waals surface area contributed by atoms with Crippen LogP contribution in [0.4, 0.5) is 0 Å². The molecule has 0 atom stereocenters. The fourth-order valence-corrected chi connectivity index (χ4v) is 4.33. The second-order valence-electron chi connectivity index (χ2n) is 9.71. The van der Waals surface area contributed by atoms with Gasteiger partial charge in [0.05, 0.1) is 36.3 Å². The van der Waals surface area contributed by atoms with Gasteiger partial charge in [-0.25, -0.2) is 0 Å². The Bertz CT molecular complexity index is 1580. The number of pyridine rings is 1. The van der Waals surface area contributed by atoms with Crippen molar-refractivity contribution in [2.24, 2.45) is 0 Å². The zero-order chi connectivity index (χ0) is 40.6. The first-order valence-corrected chi connectivity index (χ1v) is 15.8. The van der Waals surface area contributed by atoms with Crippen molar-refractivity contribution in [1.82, 2.24) is 4.98 Å². The van der Waals surface area contributed by atoms with Gasteiger partial charge in [-0.3, -0.25) is 43.3 Å². The molecule has 17 nitrogen and oxygen atoms in total. The summed E-state index contributed by atoms with van der Waals surface area (Å²) in [6.45, 7) is 4.56. The molecule has 0 fully saturated rings. The molecular weight excluding hydrogens is 923 g/mol. The van der Waals surface area contributed by atoms with E-state index in [-0.39, 0.29) is 20.1 Å². The summed E-state index contributed by atoms with van der Waals surface area (Å²) < 4.78 is 0. The Labute approximate surface area is 322 Å². The Hall–Kier alpha value is -5.56. The molecule has 3 heterocycles. The first kappa shape index (κ1) is 51.8. The normalized spacial score (nSPS) is 8.98. The molecule has 0 bridgehead atoms. The van der Waals surface area contributed by atoms with E-state index in [2.05, 4.69) is 46.1 Å². The van der Waals surface area contributed by atoms with E-state index in [1.807, 2.05) is 12.3 Å². The second-order valence-corrected chi connectivity index (χ2v) is 11.6. The van der Waals surface area contributed by atoms with Crippen molar-refractivity contribution in [2.45, 2.75) is 53.4 Å². The van der Waals surface area contributed by atoms with Crippen LogP contribution in [0.15, 0.2) is 53.4 Å². The van der Waals surface area contributed by atoms with Crippen molar-refractivity contribution in [2.75, 3.05) is 0 Å². The molecule has 0 N–H and O–H groups in total. The van der Waals surface area contributed by atoms with E-state index in [1.54, 1.807) is 22.7 Å². The van der Waals surface area contributed by atoms with E-state index in [0.29, 0.717) is 0 Å². The van der Waals surface area contributed by atoms with Gasteiger partial charge in [0, 0.05) is 16.6 Å². The van der Waals surface area contributed by atoms with Crippen molar-refractivity contribution in [3.05, 3.63) is 53.4 Å². The number of hydrogen-bond donors (Lipinski definition) is 0. The molecule has 0 aliphatic heterocycles. The molecule has 20 heteroatoms. The number of rotatable bonds is 14. The first-order chi connectivity index (χ1) is 24.1. The maximum absolute atomic E-state index is 10.1. The summed E-state index contributed by atoms with van der Waals surface area (Å²) in [4.78, 5) is 126. The average molecular weight is 952 g/mol. The molecule has 0 saturated carbocycles. The third kappa shape index (κ3) is 26.0. The molecule has 53 heavy (non-hydrogen) atoms. The number of aromatic nitrogens is 1. The summed E-state index contributed by atoms with van der Waals surface area (Å²) >= 11 is 3.48. The van der Waals surface area contributed by atoms with Crippen molar-refractivity contribution < 1.29 is 98.1 Å². The smallest absolute Gasteiger partial charge is 0.542 e. The largest absolute Gasteiger partial charge is 4.00 e. The van der Waals surface area contributed by atoms with E-state index in [1.165, 1.54) is 15.3 Å². The predicted molar refractivity (Wildman–Crippen MR) is 172 cm³/mol. The van der Waals surface area contributed by atoms with Crippen LogP contribution in [0, 0.1) is 0 Å². The van der Waals surface area contributed by atoms with E-state index < -0.39 is 95.8 Å². The number of carbonyl (C=O) groups excluding carboxylic acids is 12. The molecule has 0 saturated heterocycles. The number of ketones is 8. The number of carboxylic acid groups (broad SMARTS) is 4. The molecule has 0 aliphatic rings. The Balaban J connectivity index is -0.000000607. The van der Waals surface area contributed by atoms with E-state index in [4.69, 9.17) is 0 Å². The second kappa shape index (κ2) is 28.1. The fraction of sp³-hybridized carbons (Fsp3) is 0.242. The van der Waals surface area contributed by atoms with Crippen LogP contribution < -0.4 is 20.4 Å². The zero-order valence-corrected chi connectivity index (χ0v) is 32.2. The van der Waals surface area contributed by atoms with E-state index in [9.17, 15) is 78.0 Å². The number of carbonyl (C=O) groups is 12. The Kier molecular flexibility index (Phi) is 27.4. The summed E-state index contributed by atoms with van der Waals surface area (Å²) in [7, 11) is 0. The molecule has 0 amide bonds. The molecule has 1 radical (unpaired) electrons. The van der Waals surface area contributed by atoms with Gasteiger partial charge in [-0.1, -0.05) is 12.1 Å². The predicted octanol–water partition coefficient (Wildman–Crippen LogP) is -2.33. The van der Waals surface area contributed by atoms with Crippen LogP contribution in [0.25, 0.3) is 21.0 Å². The molecule has 0 aliphatic carbocycles. The molecule has 283 valence electrons. The van der Waals surface area contributed by atoms with Crippen molar-refractivity contribution in [3.8, 4) is 21.0 Å². The molecule has 3 aromatic heterocycles. The number of nitrogens with zero attached hydrogens (tertiary/aromatic N) is 1. The van der Waals surface area contributed by atoms with Gasteiger partial charge in [0.15, 0.2) is 23.1 Å². The van der Waals surface area contributed by atoms with Crippen LogP contribution in [-0.2, 0) is 77.6 Å². The third-order valence-electron chi connectivity index (χ3n) is 4.90. The van der Waals surface area contributed by atoms with Gasteiger partial charge in [0.25, 0.3) is 0 Å². The minimum absolute atomic E-state index is 0. The number of Topliss-reactive ketones (excluding diaryl/α,β-unsaturated/α-hetero) is 8. The number of hydrogen-bond acceptors (Lipinski definition) is 19. The summed E-state index contributed by atoms with van der Waals surface area (Å²) in [5.74, 6) is -13.7. The van der Waals surface area contributed by atoms with Crippen molar-refractivity contribution >= 4 is 92.8 Å². The standard InChI is InChI=1S/C13H9NS2.4C5H6O4.Ir/c1-4-10(11-5-2-8-15-11)13(14-7-1)12-6-3-9-16-12;4*1-3(6)2-4(7)5(8)9;/h1-9H;4*2H2,1H3,(H,8,9);/q;;;;;+4/p-4. The van der Waals surface area contributed by atoms with Crippen LogP contribution in [0.3, 0.4) is 0 Å². The van der Waals surface area contributed by atoms with Crippen LogP contribution >= 0.6 is 22.7 Å². The van der Waals surface area contributed by atoms with Crippen LogP contribution in [-0.4, -0.2) is 75.1 Å². The topological polar surface area (TPSA) is 310 Å². The minimum atomic E-state index is -1.80. The van der Waals surface area contributed by atoms with Crippen LogP contribution in [0.5, 0.6) is 0 Å². The molecule has 0 aromatic carbocycles. The maximum atomic E-state index is 10.1. The molecule has 0 unspecified atom stereocenters. The summed E-state index contributed by atoms with van der Waals surface area (Å²) in [6.07, 6.45) is -0.415. The van der Waals surface area contributed by atoms with Gasteiger partial charge in [0.2, 0.25) is 0 Å². The van der Waals surface area contributed by atoms with Gasteiger partial charge in [-0.2, -0.15) is 0 Å². The maximum Gasteiger partial charge on any atom is 4.00 e. The van der Waals surface area contributed by atoms with Crippen LogP contribution in [0.1, 0.15) is 53.4 Å². The SMILES string of the molecule is CC(=O)CC(=O)C(=O)[O-].CC(=O)CC(=O)C(=O)[O-].CC(=O)CC(=O)C(=O)[O-].CC(=O)CC(=O)C(=O)[O-].[Ir+4].c1csc(-c2cccnc2-c2cccs2)c1. The van der Waals surface area contributed by atoms with Crippen molar-refractivity contribution in [1.29, 1.82) is 0 Å². The number of aliphatic carboxylic acids is 4. The summed E-state index contributed by atoms with van der Waals surface area (Å²) in [5, 5.41) is 42.7. The first-order valence-electron chi connectivity index (χ1n) is 14.1. The number of thiophene rings is 2. The molecular formula is C33H29IrNO16S2. The Morgan fingerprint density at radius 3 is 1.02 bits per heavy atom. The summed E-state index contributed by atoms with van der Waals surface area (Å²) in [5.41, 5.74) is 2.31. The van der Waals surface area contributed by atoms with E-state index >= 15 is 0 Å². The van der Waals surface area contributed by atoms with Crippen molar-refractivity contribution in [3.63, 3.8) is 0 Å². The van der Waals surface area contributed by atoms with Gasteiger partial charge in [-0.05, 0) is 62.7 Å². The average Bonchev–Trinajstić information content (AvgIpc) is 3.76. The number of carboxylic acids is 4. The Morgan fingerprint density at radius 1 is 0.491 bits per heavy atom. The van der Waals surface area contributed by atoms with Gasteiger partial charge >= 0.3 is 20.1 Å². The van der Waals surface area contributed by atoms with Gasteiger partial charge in [0.1, 0.15) is 47.0 Å². The summed E-state index contributed by atoms with van der Waals surface area (Å²) in [6, 6.07) is 12.5. The van der Waals surface area contributed by atoms with Gasteiger partial charge < -0.3 is 39.6 Å². The zero-order valence-electron chi connectivity index (χ0n) is 28.2. The molecule has 3 aromatic rings. The fourth-order valence-electron chi connectivity index (χ4n) is 2.84. The molecule has 3 rings (SSSR count). The van der Waals surface area contributed by atoms with Crippen LogP contribution in [0.2, 0.25) is 0 Å². The molecule has 0 spiro atoms.